The molecule has 5 heteroatoms. The van der Waals surface area contributed by atoms with Crippen LogP contribution >= 0.6 is 0 Å². The summed E-state index contributed by atoms with van der Waals surface area (Å²) in [5.41, 5.74) is 6.54. The summed E-state index contributed by atoms with van der Waals surface area (Å²) in [6, 6.07) is 3.65. The Morgan fingerprint density at radius 2 is 1.83 bits per heavy atom. The molecular formula is C13H21NO3S. The van der Waals surface area contributed by atoms with Crippen LogP contribution < -0.4 is 15.2 Å². The zero-order valence-corrected chi connectivity index (χ0v) is 12.2. The van der Waals surface area contributed by atoms with Crippen LogP contribution in [0.3, 0.4) is 0 Å². The molecule has 1 aromatic rings. The van der Waals surface area contributed by atoms with Crippen LogP contribution in [0.4, 0.5) is 0 Å². The molecule has 0 aliphatic carbocycles. The molecule has 0 bridgehead atoms. The van der Waals surface area contributed by atoms with E-state index in [0.717, 1.165) is 5.56 Å². The minimum atomic E-state index is -1.11. The third-order valence-corrected chi connectivity index (χ3v) is 4.23. The van der Waals surface area contributed by atoms with E-state index in [1.165, 1.54) is 0 Å². The molecule has 0 aromatic heterocycles. The quantitative estimate of drug-likeness (QED) is 0.856. The topological polar surface area (TPSA) is 61.5 Å². The fourth-order valence-electron chi connectivity index (χ4n) is 1.69. The summed E-state index contributed by atoms with van der Waals surface area (Å²) in [5.74, 6) is 1.34. The summed E-state index contributed by atoms with van der Waals surface area (Å²) in [6.45, 7) is 4.36. The van der Waals surface area contributed by atoms with Gasteiger partial charge < -0.3 is 15.2 Å². The van der Waals surface area contributed by atoms with Crippen molar-refractivity contribution in [2.45, 2.75) is 30.4 Å². The van der Waals surface area contributed by atoms with Gasteiger partial charge in [0, 0.05) is 11.3 Å². The van der Waals surface area contributed by atoms with Crippen molar-refractivity contribution in [3.05, 3.63) is 17.7 Å². The molecule has 18 heavy (non-hydrogen) atoms. The Morgan fingerprint density at radius 1 is 1.22 bits per heavy atom. The first-order chi connectivity index (χ1) is 8.54. The maximum Gasteiger partial charge on any atom is 0.135 e. The van der Waals surface area contributed by atoms with Crippen LogP contribution in [0.1, 0.15) is 19.4 Å². The van der Waals surface area contributed by atoms with Crippen molar-refractivity contribution in [2.75, 3.05) is 20.8 Å². The van der Waals surface area contributed by atoms with E-state index in [2.05, 4.69) is 0 Å². The molecule has 1 atom stereocenters. The normalized spacial score (nSPS) is 12.6. The highest BCUT2D eigenvalue weighted by Gasteiger charge is 2.17. The summed E-state index contributed by atoms with van der Waals surface area (Å²) < 4.78 is 22.8. The summed E-state index contributed by atoms with van der Waals surface area (Å²) in [7, 11) is 2.07. The van der Waals surface area contributed by atoms with Crippen LogP contribution in [0, 0.1) is 0 Å². The Balaban J connectivity index is 3.30. The van der Waals surface area contributed by atoms with E-state index in [4.69, 9.17) is 15.2 Å². The van der Waals surface area contributed by atoms with Gasteiger partial charge in [0.15, 0.2) is 0 Å². The number of ether oxygens (including phenoxy) is 2. The molecule has 1 rings (SSSR count). The van der Waals surface area contributed by atoms with E-state index >= 15 is 0 Å². The zero-order chi connectivity index (χ0) is 13.7. The van der Waals surface area contributed by atoms with Gasteiger partial charge in [-0.1, -0.05) is 13.8 Å². The van der Waals surface area contributed by atoms with Crippen molar-refractivity contribution in [3.63, 3.8) is 0 Å². The van der Waals surface area contributed by atoms with Gasteiger partial charge in [0.05, 0.1) is 29.9 Å². The van der Waals surface area contributed by atoms with Crippen LogP contribution in [-0.4, -0.2) is 30.2 Å². The minimum Gasteiger partial charge on any atom is -0.496 e. The van der Waals surface area contributed by atoms with E-state index in [9.17, 15) is 4.21 Å². The third kappa shape index (κ3) is 3.23. The first-order valence-corrected chi connectivity index (χ1v) is 7.12. The Kier molecular flexibility index (Phi) is 5.62. The number of methoxy groups -OCH3 is 2. The molecule has 0 radical (unpaired) electrons. The highest BCUT2D eigenvalue weighted by atomic mass is 32.2. The fourth-order valence-corrected chi connectivity index (χ4v) is 2.77. The number of nitrogens with two attached hydrogens (primary N) is 1. The summed E-state index contributed by atoms with van der Waals surface area (Å²) in [6.07, 6.45) is 0.703. The van der Waals surface area contributed by atoms with Crippen LogP contribution in [-0.2, 0) is 17.2 Å². The monoisotopic (exact) mass is 271 g/mol. The second-order valence-electron chi connectivity index (χ2n) is 4.20. The molecule has 102 valence electrons. The second-order valence-corrected chi connectivity index (χ2v) is 6.18. The summed E-state index contributed by atoms with van der Waals surface area (Å²) >= 11 is 0. The lowest BCUT2D eigenvalue weighted by molar-refractivity contribution is 0.389. The Morgan fingerprint density at radius 3 is 2.28 bits per heavy atom. The molecule has 0 spiro atoms. The van der Waals surface area contributed by atoms with Crippen molar-refractivity contribution >= 4 is 10.8 Å². The van der Waals surface area contributed by atoms with Crippen molar-refractivity contribution in [1.29, 1.82) is 0 Å². The van der Waals surface area contributed by atoms with Gasteiger partial charge in [-0.05, 0) is 24.6 Å². The first kappa shape index (κ1) is 15.0. The SMILES string of the molecule is COc1cc(S(=O)C(C)C)c(OC)cc1CCN. The van der Waals surface area contributed by atoms with E-state index < -0.39 is 10.8 Å². The number of benzene rings is 1. The summed E-state index contributed by atoms with van der Waals surface area (Å²) in [5, 5.41) is 0.0314. The average molecular weight is 271 g/mol. The molecule has 0 heterocycles. The standard InChI is InChI=1S/C13H21NO3S/c1-9(2)18(15)13-8-11(16-3)10(5-6-14)7-12(13)17-4/h7-9H,5-6,14H2,1-4H3. The predicted octanol–water partition coefficient (Wildman–Crippen LogP) is 1.72. The third-order valence-electron chi connectivity index (χ3n) is 2.63. The van der Waals surface area contributed by atoms with E-state index in [1.54, 1.807) is 20.3 Å². The van der Waals surface area contributed by atoms with Crippen molar-refractivity contribution in [3.8, 4) is 11.5 Å². The average Bonchev–Trinajstić information content (AvgIpc) is 2.37. The first-order valence-electron chi connectivity index (χ1n) is 5.90. The Labute approximate surface area is 111 Å². The lowest BCUT2D eigenvalue weighted by Crippen LogP contribution is -2.10. The van der Waals surface area contributed by atoms with Crippen molar-refractivity contribution in [1.82, 2.24) is 0 Å². The van der Waals surface area contributed by atoms with Crippen LogP contribution in [0.15, 0.2) is 17.0 Å². The largest absolute Gasteiger partial charge is 0.496 e. The van der Waals surface area contributed by atoms with Gasteiger partial charge in [0.25, 0.3) is 0 Å². The lowest BCUT2D eigenvalue weighted by Gasteiger charge is -2.15. The van der Waals surface area contributed by atoms with Gasteiger partial charge in [0.2, 0.25) is 0 Å². The van der Waals surface area contributed by atoms with Gasteiger partial charge in [-0.2, -0.15) is 0 Å². The number of hydrogen-bond acceptors (Lipinski definition) is 4. The van der Waals surface area contributed by atoms with Gasteiger partial charge in [-0.3, -0.25) is 4.21 Å². The molecule has 0 saturated carbocycles. The van der Waals surface area contributed by atoms with Crippen LogP contribution in [0.5, 0.6) is 11.5 Å². The number of rotatable bonds is 6. The Hall–Kier alpha value is -1.07. The second kappa shape index (κ2) is 6.75. The minimum absolute atomic E-state index is 0.0314. The molecule has 4 nitrogen and oxygen atoms in total. The van der Waals surface area contributed by atoms with Crippen LogP contribution in [0.2, 0.25) is 0 Å². The molecule has 0 saturated heterocycles. The van der Waals surface area contributed by atoms with Gasteiger partial charge >= 0.3 is 0 Å². The fraction of sp³-hybridized carbons (Fsp3) is 0.538. The van der Waals surface area contributed by atoms with E-state index in [-0.39, 0.29) is 5.25 Å². The molecule has 0 amide bonds. The number of hydrogen-bond donors (Lipinski definition) is 1. The molecular weight excluding hydrogens is 250 g/mol. The van der Waals surface area contributed by atoms with Crippen LogP contribution in [0.25, 0.3) is 0 Å². The Bertz CT molecular complexity index is 432. The molecule has 0 aliphatic heterocycles. The summed E-state index contributed by atoms with van der Waals surface area (Å²) in [4.78, 5) is 0.671. The maximum atomic E-state index is 12.2. The van der Waals surface area contributed by atoms with Crippen molar-refractivity contribution in [2.24, 2.45) is 5.73 Å². The highest BCUT2D eigenvalue weighted by molar-refractivity contribution is 7.85. The molecule has 0 aliphatic rings. The maximum absolute atomic E-state index is 12.2. The predicted molar refractivity (Wildman–Crippen MR) is 73.8 cm³/mol. The molecule has 1 unspecified atom stereocenters. The smallest absolute Gasteiger partial charge is 0.135 e. The van der Waals surface area contributed by atoms with Gasteiger partial charge in [0.1, 0.15) is 11.5 Å². The molecule has 2 N–H and O–H groups in total. The van der Waals surface area contributed by atoms with Gasteiger partial charge in [-0.25, -0.2) is 0 Å². The molecule has 0 fully saturated rings. The van der Waals surface area contributed by atoms with Crippen molar-refractivity contribution < 1.29 is 13.7 Å². The van der Waals surface area contributed by atoms with E-state index in [0.29, 0.717) is 29.4 Å². The highest BCUT2D eigenvalue weighted by Crippen LogP contribution is 2.32. The molecule has 1 aromatic carbocycles. The van der Waals surface area contributed by atoms with Gasteiger partial charge in [-0.15, -0.1) is 0 Å². The zero-order valence-electron chi connectivity index (χ0n) is 11.4. The lowest BCUT2D eigenvalue weighted by atomic mass is 10.1. The van der Waals surface area contributed by atoms with E-state index in [1.807, 2.05) is 19.9 Å².